The minimum absolute atomic E-state index is 0.0593. The van der Waals surface area contributed by atoms with Gasteiger partial charge in [0.2, 0.25) is 11.8 Å². The molecule has 1 atom stereocenters. The maximum absolute atomic E-state index is 12.3. The first-order chi connectivity index (χ1) is 13.4. The van der Waals surface area contributed by atoms with Gasteiger partial charge in [-0.1, -0.05) is 47.6 Å². The Kier molecular flexibility index (Phi) is 6.49. The molecule has 1 saturated heterocycles. The molecule has 2 aromatic rings. The summed E-state index contributed by atoms with van der Waals surface area (Å²) in [7, 11) is 0. The van der Waals surface area contributed by atoms with Crippen molar-refractivity contribution in [3.63, 3.8) is 0 Å². The Morgan fingerprint density at radius 2 is 2.00 bits per heavy atom. The van der Waals surface area contributed by atoms with Crippen LogP contribution in [0.1, 0.15) is 23.1 Å². The maximum Gasteiger partial charge on any atom is 0.240 e. The van der Waals surface area contributed by atoms with Crippen LogP contribution in [0, 0.1) is 13.8 Å². The molecule has 1 heterocycles. The van der Waals surface area contributed by atoms with E-state index >= 15 is 0 Å². The average molecular weight is 415 g/mol. The van der Waals surface area contributed by atoms with Crippen molar-refractivity contribution in [2.45, 2.75) is 25.5 Å². The number of nitrogens with one attached hydrogen (secondary N) is 2. The zero-order valence-electron chi connectivity index (χ0n) is 15.4. The molecule has 1 aliphatic heterocycles. The molecule has 6 nitrogen and oxygen atoms in total. The van der Waals surface area contributed by atoms with Crippen LogP contribution < -0.4 is 10.6 Å². The summed E-state index contributed by atoms with van der Waals surface area (Å²) < 4.78 is 0. The second-order valence-corrected chi connectivity index (χ2v) is 7.92. The Morgan fingerprint density at radius 1 is 1.25 bits per heavy atom. The highest BCUT2D eigenvalue weighted by atomic mass is 35.5. The van der Waals surface area contributed by atoms with Crippen LogP contribution in [0.3, 0.4) is 0 Å². The van der Waals surface area contributed by atoms with Gasteiger partial charge in [-0.25, -0.2) is 0 Å². The molecule has 1 fully saturated rings. The predicted molar refractivity (Wildman–Crippen MR) is 115 cm³/mol. The van der Waals surface area contributed by atoms with E-state index in [1.807, 2.05) is 44.2 Å². The van der Waals surface area contributed by atoms with Gasteiger partial charge in [0, 0.05) is 17.1 Å². The number of carbonyl (C=O) groups excluding carboxylic acids is 2. The van der Waals surface area contributed by atoms with E-state index in [1.54, 1.807) is 18.3 Å². The van der Waals surface area contributed by atoms with E-state index in [0.717, 1.165) is 22.4 Å². The third-order valence-corrected chi connectivity index (χ3v) is 5.58. The second kappa shape index (κ2) is 9.03. The molecular formula is C20H19ClN4O2S. The lowest BCUT2D eigenvalue weighted by atomic mass is 10.1. The molecule has 3 rings (SSSR count). The van der Waals surface area contributed by atoms with Crippen molar-refractivity contribution in [2.24, 2.45) is 10.2 Å². The van der Waals surface area contributed by atoms with Crippen LogP contribution in [-0.4, -0.2) is 28.4 Å². The first-order valence-corrected chi connectivity index (χ1v) is 9.88. The summed E-state index contributed by atoms with van der Waals surface area (Å²) in [6.07, 6.45) is 1.63. The topological polar surface area (TPSA) is 82.9 Å². The van der Waals surface area contributed by atoms with E-state index in [2.05, 4.69) is 20.8 Å². The SMILES string of the molecule is Cc1cccc(NC(=O)CC2SC(=NN=Cc3ccc(Cl)cc3)NC2=O)c1C. The molecule has 1 unspecified atom stereocenters. The lowest BCUT2D eigenvalue weighted by molar-refractivity contribution is -0.122. The monoisotopic (exact) mass is 414 g/mol. The molecule has 0 bridgehead atoms. The molecule has 28 heavy (non-hydrogen) atoms. The number of thioether (sulfide) groups is 1. The number of carbonyl (C=O) groups is 2. The first-order valence-electron chi connectivity index (χ1n) is 8.62. The van der Waals surface area contributed by atoms with Gasteiger partial charge in [0.15, 0.2) is 5.17 Å². The predicted octanol–water partition coefficient (Wildman–Crippen LogP) is 3.91. The van der Waals surface area contributed by atoms with Gasteiger partial charge >= 0.3 is 0 Å². The van der Waals surface area contributed by atoms with E-state index in [0.29, 0.717) is 10.2 Å². The van der Waals surface area contributed by atoms with Gasteiger partial charge in [-0.15, -0.1) is 5.10 Å². The van der Waals surface area contributed by atoms with Crippen molar-refractivity contribution in [1.82, 2.24) is 5.32 Å². The number of halogens is 1. The van der Waals surface area contributed by atoms with E-state index < -0.39 is 5.25 Å². The summed E-state index contributed by atoms with van der Waals surface area (Å²) in [5.41, 5.74) is 3.71. The fourth-order valence-electron chi connectivity index (χ4n) is 2.54. The molecule has 0 radical (unpaired) electrons. The number of amides is 2. The highest BCUT2D eigenvalue weighted by Crippen LogP contribution is 2.24. The average Bonchev–Trinajstić information content (AvgIpc) is 3.00. The summed E-state index contributed by atoms with van der Waals surface area (Å²) in [6, 6.07) is 12.9. The van der Waals surface area contributed by atoms with Crippen molar-refractivity contribution in [2.75, 3.05) is 5.32 Å². The van der Waals surface area contributed by atoms with Crippen molar-refractivity contribution < 1.29 is 9.59 Å². The number of amidine groups is 1. The highest BCUT2D eigenvalue weighted by Gasteiger charge is 2.32. The van der Waals surface area contributed by atoms with Crippen LogP contribution in [0.15, 0.2) is 52.7 Å². The number of hydrogen-bond acceptors (Lipinski definition) is 5. The fraction of sp³-hybridized carbons (Fsp3) is 0.200. The van der Waals surface area contributed by atoms with E-state index in [4.69, 9.17) is 11.6 Å². The van der Waals surface area contributed by atoms with Gasteiger partial charge in [-0.3, -0.25) is 9.59 Å². The standard InChI is InChI=1S/C20H19ClN4O2S/c1-12-4-3-5-16(13(12)2)23-18(26)10-17-19(27)24-20(28-17)25-22-11-14-6-8-15(21)9-7-14/h3-9,11,17H,10H2,1-2H3,(H,23,26)(H,24,25,27). The van der Waals surface area contributed by atoms with E-state index in [-0.39, 0.29) is 18.2 Å². The highest BCUT2D eigenvalue weighted by molar-refractivity contribution is 8.15. The van der Waals surface area contributed by atoms with E-state index in [1.165, 1.54) is 11.8 Å². The van der Waals surface area contributed by atoms with Crippen molar-refractivity contribution in [1.29, 1.82) is 0 Å². The Hall–Kier alpha value is -2.64. The Morgan fingerprint density at radius 3 is 2.75 bits per heavy atom. The summed E-state index contributed by atoms with van der Waals surface area (Å²) in [4.78, 5) is 24.4. The normalized spacial score (nSPS) is 17.9. The third-order valence-electron chi connectivity index (χ3n) is 4.25. The van der Waals surface area contributed by atoms with Gasteiger partial charge in [0.1, 0.15) is 5.25 Å². The molecule has 2 amide bonds. The van der Waals surface area contributed by atoms with Crippen LogP contribution in [0.5, 0.6) is 0 Å². The Bertz CT molecular complexity index is 957. The summed E-state index contributed by atoms with van der Waals surface area (Å²) >= 11 is 7.03. The Balaban J connectivity index is 1.57. The molecule has 1 aliphatic rings. The summed E-state index contributed by atoms with van der Waals surface area (Å²) in [5.74, 6) is -0.464. The van der Waals surface area contributed by atoms with Gasteiger partial charge in [-0.05, 0) is 48.7 Å². The molecule has 144 valence electrons. The van der Waals surface area contributed by atoms with Crippen molar-refractivity contribution in [3.8, 4) is 0 Å². The van der Waals surface area contributed by atoms with Crippen LogP contribution in [0.4, 0.5) is 5.69 Å². The fourth-order valence-corrected chi connectivity index (χ4v) is 3.59. The largest absolute Gasteiger partial charge is 0.326 e. The quantitative estimate of drug-likeness (QED) is 0.574. The van der Waals surface area contributed by atoms with Crippen LogP contribution in [-0.2, 0) is 9.59 Å². The number of hydrogen-bond donors (Lipinski definition) is 2. The zero-order chi connectivity index (χ0) is 20.1. The van der Waals surface area contributed by atoms with Crippen molar-refractivity contribution in [3.05, 3.63) is 64.2 Å². The lowest BCUT2D eigenvalue weighted by Gasteiger charge is -2.11. The van der Waals surface area contributed by atoms with Gasteiger partial charge in [-0.2, -0.15) is 5.10 Å². The number of aryl methyl sites for hydroxylation is 1. The molecule has 0 spiro atoms. The minimum Gasteiger partial charge on any atom is -0.326 e. The lowest BCUT2D eigenvalue weighted by Crippen LogP contribution is -2.28. The van der Waals surface area contributed by atoms with Crippen LogP contribution in [0.2, 0.25) is 5.02 Å². The Labute approximate surface area is 172 Å². The van der Waals surface area contributed by atoms with E-state index in [9.17, 15) is 9.59 Å². The summed E-state index contributed by atoms with van der Waals surface area (Å²) in [5, 5.41) is 14.0. The molecular weight excluding hydrogens is 396 g/mol. The smallest absolute Gasteiger partial charge is 0.240 e. The molecule has 0 aromatic heterocycles. The van der Waals surface area contributed by atoms with Gasteiger partial charge in [0.25, 0.3) is 0 Å². The molecule has 2 aromatic carbocycles. The van der Waals surface area contributed by atoms with Gasteiger partial charge in [0.05, 0.1) is 6.21 Å². The van der Waals surface area contributed by atoms with Crippen LogP contribution >= 0.6 is 23.4 Å². The first kappa shape index (κ1) is 20.1. The zero-order valence-corrected chi connectivity index (χ0v) is 17.0. The van der Waals surface area contributed by atoms with Gasteiger partial charge < -0.3 is 10.6 Å². The summed E-state index contributed by atoms with van der Waals surface area (Å²) in [6.45, 7) is 3.93. The maximum atomic E-state index is 12.3. The second-order valence-electron chi connectivity index (χ2n) is 6.30. The molecule has 0 saturated carbocycles. The molecule has 2 N–H and O–H groups in total. The van der Waals surface area contributed by atoms with Crippen LogP contribution in [0.25, 0.3) is 0 Å². The number of rotatable bonds is 5. The number of anilines is 1. The third kappa shape index (κ3) is 5.21. The number of nitrogens with zero attached hydrogens (tertiary/aromatic N) is 2. The molecule has 8 heteroatoms. The minimum atomic E-state index is -0.533. The van der Waals surface area contributed by atoms with Crippen molar-refractivity contribution >= 4 is 52.2 Å². The molecule has 0 aliphatic carbocycles. The number of benzene rings is 2.